The summed E-state index contributed by atoms with van der Waals surface area (Å²) in [6.45, 7) is 4.31. The van der Waals surface area contributed by atoms with Crippen LogP contribution < -0.4 is 5.32 Å². The zero-order valence-electron chi connectivity index (χ0n) is 18.5. The summed E-state index contributed by atoms with van der Waals surface area (Å²) < 4.78 is 7.40. The van der Waals surface area contributed by atoms with Crippen LogP contribution >= 0.6 is 0 Å². The van der Waals surface area contributed by atoms with Crippen LogP contribution in [-0.4, -0.2) is 38.9 Å². The second-order valence-electron chi connectivity index (χ2n) is 7.78. The molecule has 1 aromatic carbocycles. The first kappa shape index (κ1) is 22.7. The number of amides is 3. The van der Waals surface area contributed by atoms with Crippen LogP contribution in [-0.2, 0) is 24.9 Å². The number of aryl methyl sites for hydroxylation is 1. The van der Waals surface area contributed by atoms with Gasteiger partial charge in [0.1, 0.15) is 12.3 Å². The van der Waals surface area contributed by atoms with Crippen molar-refractivity contribution in [2.24, 2.45) is 7.05 Å². The van der Waals surface area contributed by atoms with Crippen LogP contribution in [0, 0.1) is 11.3 Å². The Kier molecular flexibility index (Phi) is 7.34. The lowest BCUT2D eigenvalue weighted by Crippen LogP contribution is -2.47. The van der Waals surface area contributed by atoms with Crippen molar-refractivity contribution >= 4 is 17.6 Å². The van der Waals surface area contributed by atoms with Crippen LogP contribution in [0.5, 0.6) is 0 Å². The van der Waals surface area contributed by atoms with Crippen molar-refractivity contribution in [3.8, 4) is 6.07 Å². The molecule has 0 spiro atoms. The molecule has 3 amide bonds. The van der Waals surface area contributed by atoms with Gasteiger partial charge in [-0.25, -0.2) is 4.79 Å². The molecule has 0 bridgehead atoms. The van der Waals surface area contributed by atoms with Gasteiger partial charge in [0, 0.05) is 30.7 Å². The van der Waals surface area contributed by atoms with Crippen molar-refractivity contribution in [1.82, 2.24) is 14.4 Å². The molecule has 0 radical (unpaired) electrons. The average molecular weight is 434 g/mol. The highest BCUT2D eigenvalue weighted by Crippen LogP contribution is 2.15. The zero-order valence-corrected chi connectivity index (χ0v) is 18.5. The highest BCUT2D eigenvalue weighted by atomic mass is 16.3. The van der Waals surface area contributed by atoms with Crippen molar-refractivity contribution in [2.75, 3.05) is 11.9 Å². The molecule has 3 aromatic rings. The van der Waals surface area contributed by atoms with Gasteiger partial charge in [0.25, 0.3) is 0 Å². The van der Waals surface area contributed by atoms with Gasteiger partial charge in [-0.15, -0.1) is 0 Å². The van der Waals surface area contributed by atoms with E-state index in [0.717, 1.165) is 5.69 Å². The summed E-state index contributed by atoms with van der Waals surface area (Å²) >= 11 is 0. The third-order valence-electron chi connectivity index (χ3n) is 5.12. The summed E-state index contributed by atoms with van der Waals surface area (Å²) in [6, 6.07) is 15.6. The molecule has 0 aliphatic heterocycles. The number of nitriles is 1. The number of hydrogen-bond donors (Lipinski definition) is 1. The maximum atomic E-state index is 13.3. The van der Waals surface area contributed by atoms with Crippen molar-refractivity contribution < 1.29 is 14.0 Å². The number of furan rings is 1. The van der Waals surface area contributed by atoms with E-state index in [1.807, 2.05) is 55.9 Å². The normalized spacial score (nSPS) is 10.6. The number of carbonyl (C=O) groups excluding carboxylic acids is 2. The smallest absolute Gasteiger partial charge is 0.322 e. The minimum atomic E-state index is -0.403. The highest BCUT2D eigenvalue weighted by Gasteiger charge is 2.25. The summed E-state index contributed by atoms with van der Waals surface area (Å²) in [5, 5.41) is 11.9. The Balaban J connectivity index is 1.75. The van der Waals surface area contributed by atoms with Gasteiger partial charge in [-0.3, -0.25) is 4.79 Å². The maximum absolute atomic E-state index is 13.3. The summed E-state index contributed by atoms with van der Waals surface area (Å²) in [5.74, 6) is 0.471. The molecular formula is C24H27N5O3. The lowest BCUT2D eigenvalue weighted by molar-refractivity contribution is -0.133. The SMILES string of the molecule is CC(C)N(CC(=O)N(Cc1ccco1)Cc1cccn1C)C(=O)Nc1cccc(C#N)c1. The molecule has 2 aromatic heterocycles. The quantitative estimate of drug-likeness (QED) is 0.582. The fourth-order valence-corrected chi connectivity index (χ4v) is 3.28. The fourth-order valence-electron chi connectivity index (χ4n) is 3.28. The molecule has 0 aliphatic carbocycles. The lowest BCUT2D eigenvalue weighted by atomic mass is 10.2. The molecule has 0 unspecified atom stereocenters. The number of anilines is 1. The van der Waals surface area contributed by atoms with Crippen LogP contribution in [0.4, 0.5) is 10.5 Å². The van der Waals surface area contributed by atoms with E-state index in [2.05, 4.69) is 5.32 Å². The van der Waals surface area contributed by atoms with E-state index >= 15 is 0 Å². The number of rotatable bonds is 8. The maximum Gasteiger partial charge on any atom is 0.322 e. The summed E-state index contributed by atoms with van der Waals surface area (Å²) in [6.07, 6.45) is 3.50. The van der Waals surface area contributed by atoms with Crippen molar-refractivity contribution in [2.45, 2.75) is 33.0 Å². The molecule has 8 heteroatoms. The van der Waals surface area contributed by atoms with Gasteiger partial charge in [-0.2, -0.15) is 5.26 Å². The Morgan fingerprint density at radius 2 is 1.97 bits per heavy atom. The van der Waals surface area contributed by atoms with Crippen LogP contribution in [0.25, 0.3) is 0 Å². The predicted octanol–water partition coefficient (Wildman–Crippen LogP) is 3.96. The predicted molar refractivity (Wildman–Crippen MR) is 120 cm³/mol. The van der Waals surface area contributed by atoms with Gasteiger partial charge in [0.05, 0.1) is 31.0 Å². The van der Waals surface area contributed by atoms with Crippen LogP contribution in [0.3, 0.4) is 0 Å². The Labute approximate surface area is 187 Å². The van der Waals surface area contributed by atoms with E-state index in [0.29, 0.717) is 30.1 Å². The van der Waals surface area contributed by atoms with E-state index in [1.165, 1.54) is 4.90 Å². The summed E-state index contributed by atoms with van der Waals surface area (Å²) in [7, 11) is 1.92. The summed E-state index contributed by atoms with van der Waals surface area (Å²) in [4.78, 5) is 29.4. The minimum absolute atomic E-state index is 0.0907. The van der Waals surface area contributed by atoms with Gasteiger partial charge < -0.3 is 24.1 Å². The minimum Gasteiger partial charge on any atom is -0.467 e. The number of nitrogens with one attached hydrogen (secondary N) is 1. The molecule has 3 rings (SSSR count). The van der Waals surface area contributed by atoms with E-state index in [-0.39, 0.29) is 18.5 Å². The van der Waals surface area contributed by atoms with Gasteiger partial charge in [0.15, 0.2) is 0 Å². The summed E-state index contributed by atoms with van der Waals surface area (Å²) in [5.41, 5.74) is 1.92. The zero-order chi connectivity index (χ0) is 23.1. The van der Waals surface area contributed by atoms with Crippen LogP contribution in [0.2, 0.25) is 0 Å². The first-order valence-corrected chi connectivity index (χ1v) is 10.4. The highest BCUT2D eigenvalue weighted by molar-refractivity contribution is 5.92. The van der Waals surface area contributed by atoms with Crippen molar-refractivity contribution in [3.63, 3.8) is 0 Å². The molecule has 166 valence electrons. The Hall–Kier alpha value is -3.99. The van der Waals surface area contributed by atoms with Gasteiger partial charge in [-0.05, 0) is 56.3 Å². The molecule has 2 heterocycles. The first-order chi connectivity index (χ1) is 15.4. The molecule has 8 nitrogen and oxygen atoms in total. The Morgan fingerprint density at radius 3 is 2.59 bits per heavy atom. The second kappa shape index (κ2) is 10.4. The molecule has 1 N–H and O–H groups in total. The largest absolute Gasteiger partial charge is 0.467 e. The number of benzene rings is 1. The molecule has 0 fully saturated rings. The number of carbonyl (C=O) groups is 2. The monoisotopic (exact) mass is 433 g/mol. The molecule has 32 heavy (non-hydrogen) atoms. The third-order valence-corrected chi connectivity index (χ3v) is 5.12. The molecule has 0 aliphatic rings. The number of nitrogens with zero attached hydrogens (tertiary/aromatic N) is 4. The van der Waals surface area contributed by atoms with E-state index in [1.54, 1.807) is 41.5 Å². The third kappa shape index (κ3) is 5.79. The lowest BCUT2D eigenvalue weighted by Gasteiger charge is -2.30. The van der Waals surface area contributed by atoms with E-state index in [9.17, 15) is 9.59 Å². The molecule has 0 saturated carbocycles. The second-order valence-corrected chi connectivity index (χ2v) is 7.78. The van der Waals surface area contributed by atoms with Crippen LogP contribution in [0.15, 0.2) is 65.4 Å². The number of urea groups is 1. The first-order valence-electron chi connectivity index (χ1n) is 10.4. The Bertz CT molecular complexity index is 1100. The van der Waals surface area contributed by atoms with Crippen molar-refractivity contribution in [3.05, 3.63) is 78.0 Å². The van der Waals surface area contributed by atoms with E-state index in [4.69, 9.17) is 9.68 Å². The van der Waals surface area contributed by atoms with Crippen molar-refractivity contribution in [1.29, 1.82) is 5.26 Å². The average Bonchev–Trinajstić information content (AvgIpc) is 3.43. The molecule has 0 atom stereocenters. The van der Waals surface area contributed by atoms with E-state index < -0.39 is 6.03 Å². The fraction of sp³-hybridized carbons (Fsp3) is 0.292. The standard InChI is InChI=1S/C24H27N5O3/c1-18(2)29(24(31)26-20-8-4-7-19(13-20)14-25)17-23(30)28(16-22-10-6-12-32-22)15-21-9-5-11-27(21)3/h4-13,18H,15-17H2,1-3H3,(H,26,31). The van der Waals surface area contributed by atoms with Crippen LogP contribution in [0.1, 0.15) is 30.9 Å². The Morgan fingerprint density at radius 1 is 1.16 bits per heavy atom. The van der Waals surface area contributed by atoms with Gasteiger partial charge >= 0.3 is 6.03 Å². The number of hydrogen-bond acceptors (Lipinski definition) is 4. The van der Waals surface area contributed by atoms with Gasteiger partial charge in [0.2, 0.25) is 5.91 Å². The topological polar surface area (TPSA) is 94.5 Å². The number of aromatic nitrogens is 1. The molecule has 0 saturated heterocycles. The van der Waals surface area contributed by atoms with Gasteiger partial charge in [-0.1, -0.05) is 6.07 Å². The molecular weight excluding hydrogens is 406 g/mol.